The van der Waals surface area contributed by atoms with E-state index in [0.717, 1.165) is 6.07 Å². The van der Waals surface area contributed by atoms with Gasteiger partial charge in [-0.1, -0.05) is 0 Å². The molecule has 1 aromatic rings. The summed E-state index contributed by atoms with van der Waals surface area (Å²) >= 11 is 0. The fourth-order valence-electron chi connectivity index (χ4n) is 0.855. The highest BCUT2D eigenvalue weighted by atomic mass is 19.1. The van der Waals surface area contributed by atoms with Crippen molar-refractivity contribution in [1.29, 1.82) is 0 Å². The molecule has 0 aliphatic rings. The summed E-state index contributed by atoms with van der Waals surface area (Å²) in [7, 11) is 0. The smallest absolute Gasteiger partial charge is 0.221 e. The number of anilines is 1. The SMILES string of the molecule is CC(=O)Nc1cc(N=O)ccc1F. The van der Waals surface area contributed by atoms with Crippen molar-refractivity contribution < 1.29 is 9.18 Å². The van der Waals surface area contributed by atoms with Crippen LogP contribution < -0.4 is 5.32 Å². The summed E-state index contributed by atoms with van der Waals surface area (Å²) in [5.74, 6) is -0.996. The number of amides is 1. The van der Waals surface area contributed by atoms with Gasteiger partial charge in [0.15, 0.2) is 0 Å². The minimum Gasteiger partial charge on any atom is -0.324 e. The van der Waals surface area contributed by atoms with Gasteiger partial charge < -0.3 is 5.32 Å². The van der Waals surface area contributed by atoms with Crippen LogP contribution >= 0.6 is 0 Å². The number of hydrogen-bond acceptors (Lipinski definition) is 3. The van der Waals surface area contributed by atoms with Crippen LogP contribution in [-0.2, 0) is 4.79 Å². The van der Waals surface area contributed by atoms with Gasteiger partial charge in [-0.25, -0.2) is 4.39 Å². The molecule has 4 nitrogen and oxygen atoms in total. The maximum absolute atomic E-state index is 12.9. The second-order valence-electron chi connectivity index (χ2n) is 2.44. The predicted octanol–water partition coefficient (Wildman–Crippen LogP) is 2.18. The van der Waals surface area contributed by atoms with Gasteiger partial charge in [0.25, 0.3) is 0 Å². The second-order valence-corrected chi connectivity index (χ2v) is 2.44. The minimum absolute atomic E-state index is 0.0374. The van der Waals surface area contributed by atoms with Crippen LogP contribution in [0.5, 0.6) is 0 Å². The lowest BCUT2D eigenvalue weighted by molar-refractivity contribution is -0.114. The Kier molecular flexibility index (Phi) is 2.69. The number of benzene rings is 1. The molecule has 68 valence electrons. The molecule has 0 fully saturated rings. The van der Waals surface area contributed by atoms with E-state index in [0.29, 0.717) is 0 Å². The number of halogens is 1. The van der Waals surface area contributed by atoms with E-state index in [1.54, 1.807) is 0 Å². The predicted molar refractivity (Wildman–Crippen MR) is 46.2 cm³/mol. The van der Waals surface area contributed by atoms with E-state index < -0.39 is 11.7 Å². The lowest BCUT2D eigenvalue weighted by Crippen LogP contribution is -2.07. The zero-order chi connectivity index (χ0) is 9.84. The van der Waals surface area contributed by atoms with Crippen molar-refractivity contribution >= 4 is 17.3 Å². The van der Waals surface area contributed by atoms with E-state index in [1.165, 1.54) is 19.1 Å². The van der Waals surface area contributed by atoms with Crippen molar-refractivity contribution in [3.63, 3.8) is 0 Å². The highest BCUT2D eigenvalue weighted by molar-refractivity contribution is 5.89. The Morgan fingerprint density at radius 2 is 2.23 bits per heavy atom. The zero-order valence-corrected chi connectivity index (χ0v) is 6.87. The van der Waals surface area contributed by atoms with Crippen molar-refractivity contribution in [1.82, 2.24) is 0 Å². The van der Waals surface area contributed by atoms with Crippen LogP contribution in [0.1, 0.15) is 6.92 Å². The Labute approximate surface area is 73.7 Å². The highest BCUT2D eigenvalue weighted by Gasteiger charge is 2.04. The van der Waals surface area contributed by atoms with Crippen molar-refractivity contribution in [3.8, 4) is 0 Å². The van der Waals surface area contributed by atoms with E-state index in [4.69, 9.17) is 0 Å². The maximum Gasteiger partial charge on any atom is 0.221 e. The van der Waals surface area contributed by atoms with Crippen LogP contribution in [-0.4, -0.2) is 5.91 Å². The molecule has 1 amide bonds. The quantitative estimate of drug-likeness (QED) is 0.712. The van der Waals surface area contributed by atoms with Crippen molar-refractivity contribution in [2.24, 2.45) is 5.18 Å². The minimum atomic E-state index is -0.595. The average Bonchev–Trinajstić information content (AvgIpc) is 2.08. The molecule has 0 aliphatic carbocycles. The number of carbonyl (C=O) groups is 1. The van der Waals surface area contributed by atoms with E-state index in [1.807, 2.05) is 0 Å². The first-order valence-electron chi connectivity index (χ1n) is 3.54. The largest absolute Gasteiger partial charge is 0.324 e. The van der Waals surface area contributed by atoms with Crippen molar-refractivity contribution in [2.75, 3.05) is 5.32 Å². The van der Waals surface area contributed by atoms with Crippen molar-refractivity contribution in [2.45, 2.75) is 6.92 Å². The summed E-state index contributed by atoms with van der Waals surface area (Å²) in [5, 5.41) is 4.85. The average molecular weight is 182 g/mol. The molecular weight excluding hydrogens is 175 g/mol. The molecule has 1 rings (SSSR count). The van der Waals surface area contributed by atoms with Crippen LogP contribution in [0.2, 0.25) is 0 Å². The molecule has 13 heavy (non-hydrogen) atoms. The summed E-state index contributed by atoms with van der Waals surface area (Å²) in [4.78, 5) is 20.6. The van der Waals surface area contributed by atoms with Gasteiger partial charge in [-0.05, 0) is 23.4 Å². The lowest BCUT2D eigenvalue weighted by atomic mass is 10.2. The summed E-state index contributed by atoms with van der Waals surface area (Å²) < 4.78 is 12.9. The molecular formula is C8H7FN2O2. The van der Waals surface area contributed by atoms with E-state index in [9.17, 15) is 14.1 Å². The van der Waals surface area contributed by atoms with Gasteiger partial charge >= 0.3 is 0 Å². The van der Waals surface area contributed by atoms with Gasteiger partial charge in [0.2, 0.25) is 5.91 Å². The standard InChI is InChI=1S/C8H7FN2O2/c1-5(12)10-8-4-6(11-13)2-3-7(8)9/h2-4H,1H3,(H,10,12). The van der Waals surface area contributed by atoms with Crippen molar-refractivity contribution in [3.05, 3.63) is 28.9 Å². The summed E-state index contributed by atoms with van der Waals surface area (Å²) in [5.41, 5.74) is 0.0368. The third-order valence-electron chi connectivity index (χ3n) is 1.37. The molecule has 0 aromatic heterocycles. The van der Waals surface area contributed by atoms with Gasteiger partial charge in [-0.2, -0.15) is 0 Å². The van der Waals surface area contributed by atoms with Gasteiger partial charge in [-0.3, -0.25) is 4.79 Å². The summed E-state index contributed by atoms with van der Waals surface area (Å²) in [6, 6.07) is 3.47. The number of nitrogens with zero attached hydrogens (tertiary/aromatic N) is 1. The lowest BCUT2D eigenvalue weighted by Gasteiger charge is -2.02. The van der Waals surface area contributed by atoms with E-state index >= 15 is 0 Å². The molecule has 0 saturated carbocycles. The maximum atomic E-state index is 12.9. The number of hydrogen-bond donors (Lipinski definition) is 1. The van der Waals surface area contributed by atoms with Crippen LogP contribution in [0.15, 0.2) is 23.4 Å². The highest BCUT2D eigenvalue weighted by Crippen LogP contribution is 2.21. The van der Waals surface area contributed by atoms with Crippen LogP contribution in [0.3, 0.4) is 0 Å². The monoisotopic (exact) mass is 182 g/mol. The van der Waals surface area contributed by atoms with Gasteiger partial charge in [-0.15, -0.1) is 4.91 Å². The molecule has 0 unspecified atom stereocenters. The Bertz CT molecular complexity index is 352. The number of nitroso groups, excluding NO2 is 1. The molecule has 0 bridgehead atoms. The van der Waals surface area contributed by atoms with Gasteiger partial charge in [0, 0.05) is 6.92 Å². The molecule has 0 aliphatic heterocycles. The number of carbonyl (C=O) groups excluding carboxylic acids is 1. The van der Waals surface area contributed by atoms with Crippen LogP contribution in [0.25, 0.3) is 0 Å². The van der Waals surface area contributed by atoms with Gasteiger partial charge in [0.1, 0.15) is 11.5 Å². The fraction of sp³-hybridized carbons (Fsp3) is 0.125. The third-order valence-corrected chi connectivity index (χ3v) is 1.37. The molecule has 1 N–H and O–H groups in total. The van der Waals surface area contributed by atoms with Crippen LogP contribution in [0.4, 0.5) is 15.8 Å². The number of nitrogens with one attached hydrogen (secondary N) is 1. The number of rotatable bonds is 2. The zero-order valence-electron chi connectivity index (χ0n) is 6.87. The Morgan fingerprint density at radius 1 is 1.54 bits per heavy atom. The topological polar surface area (TPSA) is 58.5 Å². The van der Waals surface area contributed by atoms with E-state index in [2.05, 4.69) is 10.5 Å². The normalized spacial score (nSPS) is 9.38. The second kappa shape index (κ2) is 3.75. The Hall–Kier alpha value is -1.78. The molecule has 0 atom stereocenters. The first-order valence-corrected chi connectivity index (χ1v) is 3.54. The molecule has 1 aromatic carbocycles. The van der Waals surface area contributed by atoms with Crippen LogP contribution in [0, 0.1) is 10.7 Å². The molecule has 0 spiro atoms. The van der Waals surface area contributed by atoms with Gasteiger partial charge in [0.05, 0.1) is 5.69 Å². The molecule has 5 heteroatoms. The third kappa shape index (κ3) is 2.33. The fourth-order valence-corrected chi connectivity index (χ4v) is 0.855. The first-order chi connectivity index (χ1) is 6.13. The molecule has 0 heterocycles. The Morgan fingerprint density at radius 3 is 2.77 bits per heavy atom. The Balaban J connectivity index is 3.03. The summed E-state index contributed by atoms with van der Waals surface area (Å²) in [6.45, 7) is 1.25. The van der Waals surface area contributed by atoms with E-state index in [-0.39, 0.29) is 11.4 Å². The molecule has 0 saturated heterocycles. The molecule has 0 radical (unpaired) electrons. The first kappa shape index (κ1) is 9.31. The summed E-state index contributed by atoms with van der Waals surface area (Å²) in [6.07, 6.45) is 0.